The Bertz CT molecular complexity index is 946. The Balaban J connectivity index is 1.98. The Labute approximate surface area is 156 Å². The van der Waals surface area contributed by atoms with Crippen molar-refractivity contribution < 1.29 is 4.74 Å². The van der Waals surface area contributed by atoms with Gasteiger partial charge in [0.25, 0.3) is 0 Å². The topological polar surface area (TPSA) is 66.4 Å². The number of hydrogen-bond acceptors (Lipinski definition) is 5. The molecule has 0 atom stereocenters. The molecule has 0 aliphatic rings. The lowest BCUT2D eigenvalue weighted by Gasteiger charge is -2.12. The van der Waals surface area contributed by atoms with Crippen LogP contribution in [-0.4, -0.2) is 26.5 Å². The second-order valence-corrected chi connectivity index (χ2v) is 6.10. The van der Waals surface area contributed by atoms with E-state index >= 15 is 0 Å². The number of nitriles is 1. The van der Waals surface area contributed by atoms with Crippen LogP contribution in [0.2, 0.25) is 0 Å². The third kappa shape index (κ3) is 4.23. The highest BCUT2D eigenvalue weighted by molar-refractivity contribution is 7.96. The van der Waals surface area contributed by atoms with Gasteiger partial charge in [0.05, 0.1) is 23.4 Å². The average Bonchev–Trinajstić information content (AvgIpc) is 3.10. The van der Waals surface area contributed by atoms with E-state index in [2.05, 4.69) is 9.98 Å². The molecular formula is C19H17N5OS. The van der Waals surface area contributed by atoms with Crippen LogP contribution in [0.25, 0.3) is 5.69 Å². The van der Waals surface area contributed by atoms with E-state index < -0.39 is 0 Å². The molecule has 0 N–H and O–H groups in total. The second-order valence-electron chi connectivity index (χ2n) is 5.34. The minimum atomic E-state index is 0.689. The number of aliphatic imine (C=N–C) groups is 1. The molecule has 2 aromatic carbocycles. The third-order valence-corrected chi connectivity index (χ3v) is 4.08. The van der Waals surface area contributed by atoms with E-state index in [1.165, 1.54) is 22.6 Å². The van der Waals surface area contributed by atoms with E-state index in [0.717, 1.165) is 17.1 Å². The van der Waals surface area contributed by atoms with E-state index in [9.17, 15) is 0 Å². The van der Waals surface area contributed by atoms with Crippen LogP contribution < -0.4 is 4.74 Å². The van der Waals surface area contributed by atoms with E-state index in [-0.39, 0.29) is 0 Å². The number of aromatic nitrogens is 2. The molecule has 26 heavy (non-hydrogen) atoms. The highest BCUT2D eigenvalue weighted by Crippen LogP contribution is 2.31. The first-order valence-electron chi connectivity index (χ1n) is 7.85. The first-order valence-corrected chi connectivity index (χ1v) is 9.03. The molecule has 0 saturated carbocycles. The molecule has 130 valence electrons. The number of hydrogen-bond donors (Lipinski definition) is 0. The lowest BCUT2D eigenvalue weighted by atomic mass is 10.2. The highest BCUT2D eigenvalue weighted by Gasteiger charge is 2.09. The van der Waals surface area contributed by atoms with Gasteiger partial charge < -0.3 is 9.30 Å². The molecule has 6 nitrogen and oxygen atoms in total. The van der Waals surface area contributed by atoms with Crippen molar-refractivity contribution in [2.75, 3.05) is 6.26 Å². The zero-order valence-electron chi connectivity index (χ0n) is 14.4. The zero-order valence-corrected chi connectivity index (χ0v) is 15.2. The fourth-order valence-electron chi connectivity index (χ4n) is 2.28. The Morgan fingerprint density at radius 3 is 2.73 bits per heavy atom. The maximum atomic E-state index is 8.98. The van der Waals surface area contributed by atoms with Gasteiger partial charge in [0, 0.05) is 12.5 Å². The molecule has 0 radical (unpaired) electrons. The van der Waals surface area contributed by atoms with Gasteiger partial charge in [-0.2, -0.15) is 5.26 Å². The van der Waals surface area contributed by atoms with Crippen molar-refractivity contribution in [3.63, 3.8) is 0 Å². The molecule has 1 heterocycles. The smallest absolute Gasteiger partial charge is 0.196 e. The average molecular weight is 363 g/mol. The SMILES string of the molecule is CSN(C#N)C=Nc1ccc(Oc2ccccc2)c(-n2cnc(C)c2)c1. The number of ether oxygens (including phenoxy) is 1. The molecule has 7 heteroatoms. The lowest BCUT2D eigenvalue weighted by Crippen LogP contribution is -2.03. The molecule has 0 aliphatic heterocycles. The maximum Gasteiger partial charge on any atom is 0.196 e. The summed E-state index contributed by atoms with van der Waals surface area (Å²) < 4.78 is 9.29. The van der Waals surface area contributed by atoms with Crippen LogP contribution in [0, 0.1) is 18.4 Å². The molecule has 0 unspecified atom stereocenters. The summed E-state index contributed by atoms with van der Waals surface area (Å²) in [6, 6.07) is 15.2. The summed E-state index contributed by atoms with van der Waals surface area (Å²) in [7, 11) is 0. The minimum absolute atomic E-state index is 0.689. The molecule has 0 fully saturated rings. The van der Waals surface area contributed by atoms with Crippen LogP contribution in [-0.2, 0) is 0 Å². The Morgan fingerprint density at radius 2 is 2.08 bits per heavy atom. The fraction of sp³-hybridized carbons (Fsp3) is 0.105. The minimum Gasteiger partial charge on any atom is -0.455 e. The van der Waals surface area contributed by atoms with Gasteiger partial charge in [0.1, 0.15) is 12.1 Å². The van der Waals surface area contributed by atoms with Gasteiger partial charge in [-0.3, -0.25) is 0 Å². The molecular weight excluding hydrogens is 346 g/mol. The summed E-state index contributed by atoms with van der Waals surface area (Å²) in [4.78, 5) is 8.64. The van der Waals surface area contributed by atoms with Crippen LogP contribution in [0.15, 0.2) is 66.0 Å². The lowest BCUT2D eigenvalue weighted by molar-refractivity contribution is 0.480. The van der Waals surface area contributed by atoms with Crippen LogP contribution >= 0.6 is 11.9 Å². The molecule has 0 saturated heterocycles. The van der Waals surface area contributed by atoms with Crippen molar-refractivity contribution in [1.82, 2.24) is 13.9 Å². The van der Waals surface area contributed by atoms with Gasteiger partial charge in [-0.15, -0.1) is 0 Å². The summed E-state index contributed by atoms with van der Waals surface area (Å²) in [5, 5.41) is 8.98. The van der Waals surface area contributed by atoms with Crippen molar-refractivity contribution >= 4 is 24.0 Å². The monoisotopic (exact) mass is 363 g/mol. The number of para-hydroxylation sites is 1. The summed E-state index contributed by atoms with van der Waals surface area (Å²) in [6.07, 6.45) is 8.98. The molecule has 3 rings (SSSR count). The number of benzene rings is 2. The van der Waals surface area contributed by atoms with Crippen LogP contribution in [0.4, 0.5) is 5.69 Å². The van der Waals surface area contributed by atoms with Crippen LogP contribution in [0.3, 0.4) is 0 Å². The quantitative estimate of drug-likeness (QED) is 0.209. The van der Waals surface area contributed by atoms with E-state index in [0.29, 0.717) is 11.4 Å². The van der Waals surface area contributed by atoms with Gasteiger partial charge in [-0.1, -0.05) is 18.2 Å². The Kier molecular flexibility index (Phi) is 5.56. The standard InChI is InChI=1S/C19H17N5OS/c1-15-11-23(13-21-15)18-10-16(22-14-24(12-20)26-2)8-9-19(18)25-17-6-4-3-5-7-17/h3-11,13-14H,1-2H3. The van der Waals surface area contributed by atoms with E-state index in [1.807, 2.05) is 78.7 Å². The highest BCUT2D eigenvalue weighted by atomic mass is 32.2. The number of imidazole rings is 1. The van der Waals surface area contributed by atoms with Gasteiger partial charge >= 0.3 is 0 Å². The van der Waals surface area contributed by atoms with Gasteiger partial charge in [0.15, 0.2) is 11.9 Å². The Morgan fingerprint density at radius 1 is 1.27 bits per heavy atom. The van der Waals surface area contributed by atoms with Crippen molar-refractivity contribution in [3.8, 4) is 23.4 Å². The van der Waals surface area contributed by atoms with Gasteiger partial charge in [-0.25, -0.2) is 14.3 Å². The van der Waals surface area contributed by atoms with E-state index in [4.69, 9.17) is 10.00 Å². The molecule has 0 aliphatic carbocycles. The second kappa shape index (κ2) is 8.23. The molecule has 0 bridgehead atoms. The van der Waals surface area contributed by atoms with Crippen LogP contribution in [0.5, 0.6) is 11.5 Å². The molecule has 1 aromatic heterocycles. The summed E-state index contributed by atoms with van der Waals surface area (Å²) in [5.74, 6) is 1.44. The maximum absolute atomic E-state index is 8.98. The molecule has 3 aromatic rings. The zero-order chi connectivity index (χ0) is 18.4. The number of rotatable bonds is 6. The van der Waals surface area contributed by atoms with E-state index in [1.54, 1.807) is 6.33 Å². The molecule has 0 amide bonds. The number of nitrogens with zero attached hydrogens (tertiary/aromatic N) is 5. The van der Waals surface area contributed by atoms with Crippen molar-refractivity contribution in [2.24, 2.45) is 4.99 Å². The predicted molar refractivity (Wildman–Crippen MR) is 104 cm³/mol. The van der Waals surface area contributed by atoms with Crippen molar-refractivity contribution in [2.45, 2.75) is 6.92 Å². The Hall–Kier alpha value is -3.24. The first kappa shape index (κ1) is 17.6. The summed E-state index contributed by atoms with van der Waals surface area (Å²) >= 11 is 1.28. The van der Waals surface area contributed by atoms with Gasteiger partial charge in [-0.05, 0) is 49.2 Å². The fourth-order valence-corrected chi connectivity index (χ4v) is 2.50. The predicted octanol–water partition coefficient (Wildman–Crippen LogP) is 4.69. The summed E-state index contributed by atoms with van der Waals surface area (Å²) in [6.45, 7) is 1.93. The normalized spacial score (nSPS) is 10.7. The largest absolute Gasteiger partial charge is 0.455 e. The summed E-state index contributed by atoms with van der Waals surface area (Å²) in [5.41, 5.74) is 2.43. The van der Waals surface area contributed by atoms with Crippen molar-refractivity contribution in [3.05, 3.63) is 66.7 Å². The first-order chi connectivity index (χ1) is 12.7. The number of aryl methyl sites for hydroxylation is 1. The van der Waals surface area contributed by atoms with Crippen molar-refractivity contribution in [1.29, 1.82) is 5.26 Å². The molecule has 0 spiro atoms. The van der Waals surface area contributed by atoms with Crippen LogP contribution in [0.1, 0.15) is 5.69 Å². The van der Waals surface area contributed by atoms with Gasteiger partial charge in [0.2, 0.25) is 0 Å². The third-order valence-electron chi connectivity index (χ3n) is 3.51.